The number of aromatic hydroxyl groups is 1. The van der Waals surface area contributed by atoms with Gasteiger partial charge in [0.1, 0.15) is 23.6 Å². The number of carbonyl (C=O) groups is 2. The Labute approximate surface area is 124 Å². The predicted molar refractivity (Wildman–Crippen MR) is 77.4 cm³/mol. The van der Waals surface area contributed by atoms with Crippen LogP contribution in [0.5, 0.6) is 11.5 Å². The van der Waals surface area contributed by atoms with Crippen LogP contribution in [-0.4, -0.2) is 40.3 Å². The molecule has 116 valence electrons. The summed E-state index contributed by atoms with van der Waals surface area (Å²) in [5.41, 5.74) is -0.819. The van der Waals surface area contributed by atoms with E-state index >= 15 is 0 Å². The molecule has 2 rings (SSSR count). The molecule has 1 aromatic heterocycles. The molecule has 1 amide bonds. The van der Waals surface area contributed by atoms with Crippen molar-refractivity contribution in [2.75, 3.05) is 13.7 Å². The number of rotatable bonds is 4. The normalized spacial score (nSPS) is 10.5. The van der Waals surface area contributed by atoms with Gasteiger partial charge in [0.05, 0.1) is 12.6 Å². The van der Waals surface area contributed by atoms with Gasteiger partial charge in [-0.25, -0.2) is 0 Å². The number of carbonyl (C=O) groups excluding carboxylic acids is 1. The number of benzene rings is 1. The van der Waals surface area contributed by atoms with Crippen LogP contribution < -0.4 is 15.6 Å². The minimum absolute atomic E-state index is 0.252. The SMILES string of the molecule is COc1ccc2c(c1)c(O)c(C(=O)NCC(=O)O)c(=O)n2C. The number of pyridine rings is 1. The van der Waals surface area contributed by atoms with Gasteiger partial charge < -0.3 is 24.8 Å². The monoisotopic (exact) mass is 306 g/mol. The van der Waals surface area contributed by atoms with Gasteiger partial charge in [0.2, 0.25) is 0 Å². The number of carboxylic acid groups (broad SMARTS) is 1. The first-order valence-electron chi connectivity index (χ1n) is 6.26. The third-order valence-electron chi connectivity index (χ3n) is 3.20. The summed E-state index contributed by atoms with van der Waals surface area (Å²) in [5.74, 6) is -2.28. The lowest BCUT2D eigenvalue weighted by Gasteiger charge is -2.12. The van der Waals surface area contributed by atoms with E-state index in [1.807, 2.05) is 0 Å². The number of aromatic nitrogens is 1. The number of ether oxygens (including phenoxy) is 1. The summed E-state index contributed by atoms with van der Waals surface area (Å²) in [6.07, 6.45) is 0. The Morgan fingerprint density at radius 3 is 2.64 bits per heavy atom. The van der Waals surface area contributed by atoms with Gasteiger partial charge in [-0.3, -0.25) is 14.4 Å². The van der Waals surface area contributed by atoms with E-state index in [1.54, 1.807) is 12.1 Å². The van der Waals surface area contributed by atoms with Crippen molar-refractivity contribution in [3.8, 4) is 11.5 Å². The highest BCUT2D eigenvalue weighted by atomic mass is 16.5. The Bertz CT molecular complexity index is 824. The van der Waals surface area contributed by atoms with Crippen molar-refractivity contribution in [2.45, 2.75) is 0 Å². The first-order valence-corrected chi connectivity index (χ1v) is 6.26. The minimum Gasteiger partial charge on any atom is -0.506 e. The first-order chi connectivity index (χ1) is 10.4. The fraction of sp³-hybridized carbons (Fsp3) is 0.214. The van der Waals surface area contributed by atoms with Crippen LogP contribution in [0.2, 0.25) is 0 Å². The van der Waals surface area contributed by atoms with E-state index in [0.29, 0.717) is 11.3 Å². The van der Waals surface area contributed by atoms with Gasteiger partial charge in [0.15, 0.2) is 0 Å². The molecule has 0 bridgehead atoms. The summed E-state index contributed by atoms with van der Waals surface area (Å²) in [6.45, 7) is -0.655. The number of carboxylic acids is 1. The quantitative estimate of drug-likeness (QED) is 0.735. The van der Waals surface area contributed by atoms with E-state index in [0.717, 1.165) is 0 Å². The molecule has 0 aliphatic rings. The Balaban J connectivity index is 2.66. The van der Waals surface area contributed by atoms with E-state index in [4.69, 9.17) is 9.84 Å². The number of nitrogens with one attached hydrogen (secondary N) is 1. The second kappa shape index (κ2) is 5.76. The number of amides is 1. The fourth-order valence-electron chi connectivity index (χ4n) is 2.09. The molecule has 0 spiro atoms. The number of methoxy groups -OCH3 is 1. The van der Waals surface area contributed by atoms with Crippen molar-refractivity contribution in [2.24, 2.45) is 7.05 Å². The molecule has 2 aromatic rings. The molecule has 0 atom stereocenters. The van der Waals surface area contributed by atoms with Crippen molar-refractivity contribution >= 4 is 22.8 Å². The molecule has 0 aliphatic carbocycles. The first kappa shape index (κ1) is 15.4. The van der Waals surface area contributed by atoms with Gasteiger partial charge in [-0.05, 0) is 18.2 Å². The summed E-state index contributed by atoms with van der Waals surface area (Å²) in [6, 6.07) is 4.68. The Morgan fingerprint density at radius 1 is 1.36 bits per heavy atom. The molecular formula is C14H14N2O6. The number of aryl methyl sites for hydroxylation is 1. The molecular weight excluding hydrogens is 292 g/mol. The predicted octanol–water partition coefficient (Wildman–Crippen LogP) is 0.0671. The maximum absolute atomic E-state index is 12.2. The molecule has 8 nitrogen and oxygen atoms in total. The topological polar surface area (TPSA) is 118 Å². The van der Waals surface area contributed by atoms with Crippen LogP contribution in [0.3, 0.4) is 0 Å². The molecule has 0 saturated carbocycles. The van der Waals surface area contributed by atoms with E-state index in [9.17, 15) is 19.5 Å². The van der Waals surface area contributed by atoms with Crippen LogP contribution in [0.4, 0.5) is 0 Å². The zero-order chi connectivity index (χ0) is 16.4. The van der Waals surface area contributed by atoms with Gasteiger partial charge >= 0.3 is 5.97 Å². The maximum Gasteiger partial charge on any atom is 0.322 e. The molecule has 0 saturated heterocycles. The van der Waals surface area contributed by atoms with E-state index in [-0.39, 0.29) is 5.39 Å². The zero-order valence-electron chi connectivity index (χ0n) is 11.9. The maximum atomic E-state index is 12.2. The van der Waals surface area contributed by atoms with Crippen LogP contribution in [-0.2, 0) is 11.8 Å². The van der Waals surface area contributed by atoms with Crippen LogP contribution in [0.25, 0.3) is 10.9 Å². The summed E-state index contributed by atoms with van der Waals surface area (Å²) >= 11 is 0. The molecule has 22 heavy (non-hydrogen) atoms. The number of nitrogens with zero attached hydrogens (tertiary/aromatic N) is 1. The summed E-state index contributed by atoms with van der Waals surface area (Å²) in [7, 11) is 2.89. The largest absolute Gasteiger partial charge is 0.506 e. The standard InChI is InChI=1S/C14H14N2O6/c1-16-9-4-3-7(22-2)5-8(9)12(19)11(14(16)21)13(20)15-6-10(17)18/h3-5,19H,6H2,1-2H3,(H,15,20)(H,17,18). The van der Waals surface area contributed by atoms with Crippen LogP contribution in [0.15, 0.2) is 23.0 Å². The Morgan fingerprint density at radius 2 is 2.05 bits per heavy atom. The molecule has 0 radical (unpaired) electrons. The van der Waals surface area contributed by atoms with Gasteiger partial charge in [-0.15, -0.1) is 0 Å². The summed E-state index contributed by atoms with van der Waals surface area (Å²) in [5, 5.41) is 21.1. The summed E-state index contributed by atoms with van der Waals surface area (Å²) < 4.78 is 6.25. The van der Waals surface area contributed by atoms with Crippen molar-refractivity contribution in [1.29, 1.82) is 0 Å². The van der Waals surface area contributed by atoms with E-state index < -0.39 is 35.3 Å². The van der Waals surface area contributed by atoms with E-state index in [1.165, 1.54) is 24.8 Å². The average Bonchev–Trinajstić information content (AvgIpc) is 2.50. The number of fused-ring (bicyclic) bond motifs is 1. The second-order valence-electron chi connectivity index (χ2n) is 4.55. The highest BCUT2D eigenvalue weighted by Crippen LogP contribution is 2.29. The zero-order valence-corrected chi connectivity index (χ0v) is 11.9. The lowest BCUT2D eigenvalue weighted by molar-refractivity contribution is -0.135. The molecule has 1 aromatic carbocycles. The Hall–Kier alpha value is -3.03. The lowest BCUT2D eigenvalue weighted by atomic mass is 10.1. The third-order valence-corrected chi connectivity index (χ3v) is 3.20. The molecule has 1 heterocycles. The minimum atomic E-state index is -1.26. The van der Waals surface area contributed by atoms with Crippen molar-refractivity contribution in [3.63, 3.8) is 0 Å². The lowest BCUT2D eigenvalue weighted by Crippen LogP contribution is -2.35. The average molecular weight is 306 g/mol. The highest BCUT2D eigenvalue weighted by Gasteiger charge is 2.21. The molecule has 8 heteroatoms. The van der Waals surface area contributed by atoms with Crippen molar-refractivity contribution in [3.05, 3.63) is 34.1 Å². The van der Waals surface area contributed by atoms with Crippen LogP contribution >= 0.6 is 0 Å². The van der Waals surface area contributed by atoms with Crippen LogP contribution in [0.1, 0.15) is 10.4 Å². The molecule has 0 aliphatic heterocycles. The van der Waals surface area contributed by atoms with Gasteiger partial charge in [0.25, 0.3) is 11.5 Å². The number of aliphatic carboxylic acids is 1. The number of hydrogen-bond acceptors (Lipinski definition) is 5. The Kier molecular flexibility index (Phi) is 4.02. The van der Waals surface area contributed by atoms with Gasteiger partial charge in [-0.1, -0.05) is 0 Å². The molecule has 0 unspecified atom stereocenters. The second-order valence-corrected chi connectivity index (χ2v) is 4.55. The third kappa shape index (κ3) is 2.58. The summed E-state index contributed by atoms with van der Waals surface area (Å²) in [4.78, 5) is 34.7. The van der Waals surface area contributed by atoms with E-state index in [2.05, 4.69) is 5.32 Å². The van der Waals surface area contributed by atoms with Gasteiger partial charge in [-0.2, -0.15) is 0 Å². The van der Waals surface area contributed by atoms with Gasteiger partial charge in [0, 0.05) is 12.4 Å². The van der Waals surface area contributed by atoms with Crippen molar-refractivity contribution < 1.29 is 24.5 Å². The van der Waals surface area contributed by atoms with Crippen LogP contribution in [0, 0.1) is 0 Å². The fourth-order valence-corrected chi connectivity index (χ4v) is 2.09. The molecule has 3 N–H and O–H groups in total. The number of hydrogen-bond donors (Lipinski definition) is 3. The van der Waals surface area contributed by atoms with Crippen molar-refractivity contribution in [1.82, 2.24) is 9.88 Å². The highest BCUT2D eigenvalue weighted by molar-refractivity contribution is 6.03. The molecule has 0 fully saturated rings. The smallest absolute Gasteiger partial charge is 0.322 e.